The summed E-state index contributed by atoms with van der Waals surface area (Å²) in [6.45, 7) is 2.23. The fraction of sp³-hybridized carbons (Fsp3) is 0.412. The summed E-state index contributed by atoms with van der Waals surface area (Å²) >= 11 is 6.28. The smallest absolute Gasteiger partial charge is 0.130 e. The number of allylic oxidation sites excluding steroid dienone is 4. The fourth-order valence-electron chi connectivity index (χ4n) is 3.92. The second-order valence-electron chi connectivity index (χ2n) is 6.12. The normalized spacial score (nSPS) is 32.2. The summed E-state index contributed by atoms with van der Waals surface area (Å²) in [5.41, 5.74) is 1.35. The van der Waals surface area contributed by atoms with Gasteiger partial charge in [0.25, 0.3) is 0 Å². The van der Waals surface area contributed by atoms with Gasteiger partial charge in [0, 0.05) is 30.0 Å². The Kier molecular flexibility index (Phi) is 2.90. The van der Waals surface area contributed by atoms with Crippen molar-refractivity contribution in [3.8, 4) is 5.75 Å². The number of halogens is 1. The maximum Gasteiger partial charge on any atom is 0.130 e. The van der Waals surface area contributed by atoms with E-state index in [-0.39, 0.29) is 0 Å². The standard InChI is InChI=1S/C17H18ClNO/c1-19-9-14-12-4-2-3-5-16(12)20-17-7-6-11(18)8-13(17)15(14)10-19/h2-7,13-15H,8-10H2,1H3. The summed E-state index contributed by atoms with van der Waals surface area (Å²) in [4.78, 5) is 2.43. The van der Waals surface area contributed by atoms with Crippen LogP contribution in [-0.2, 0) is 0 Å². The van der Waals surface area contributed by atoms with Crippen LogP contribution in [0.4, 0.5) is 0 Å². The molecule has 2 heterocycles. The van der Waals surface area contributed by atoms with Gasteiger partial charge >= 0.3 is 0 Å². The summed E-state index contributed by atoms with van der Waals surface area (Å²) in [5, 5.41) is 0.946. The first-order chi connectivity index (χ1) is 9.72. The molecule has 2 nitrogen and oxygen atoms in total. The Morgan fingerprint density at radius 1 is 1.15 bits per heavy atom. The van der Waals surface area contributed by atoms with Crippen molar-refractivity contribution < 1.29 is 4.74 Å². The molecule has 1 aromatic carbocycles. The molecule has 0 spiro atoms. The highest BCUT2D eigenvalue weighted by Gasteiger charge is 2.43. The Morgan fingerprint density at radius 3 is 2.90 bits per heavy atom. The third kappa shape index (κ3) is 1.90. The minimum Gasteiger partial charge on any atom is -0.461 e. The van der Waals surface area contributed by atoms with Gasteiger partial charge in [-0.1, -0.05) is 29.8 Å². The second-order valence-corrected chi connectivity index (χ2v) is 6.61. The molecule has 1 aliphatic carbocycles. The molecule has 1 saturated heterocycles. The van der Waals surface area contributed by atoms with Crippen LogP contribution in [-0.4, -0.2) is 25.0 Å². The van der Waals surface area contributed by atoms with Gasteiger partial charge < -0.3 is 9.64 Å². The van der Waals surface area contributed by atoms with Crippen molar-refractivity contribution in [3.63, 3.8) is 0 Å². The zero-order valence-corrected chi connectivity index (χ0v) is 12.3. The maximum atomic E-state index is 6.28. The minimum atomic E-state index is 0.412. The first kappa shape index (κ1) is 12.5. The summed E-state index contributed by atoms with van der Waals surface area (Å²) in [5.74, 6) is 3.67. The number of benzene rings is 1. The van der Waals surface area contributed by atoms with Crippen molar-refractivity contribution in [1.82, 2.24) is 4.90 Å². The number of para-hydroxylation sites is 1. The van der Waals surface area contributed by atoms with Crippen LogP contribution < -0.4 is 4.74 Å². The van der Waals surface area contributed by atoms with Crippen molar-refractivity contribution in [2.45, 2.75) is 12.3 Å². The van der Waals surface area contributed by atoms with E-state index >= 15 is 0 Å². The number of ether oxygens (including phenoxy) is 1. The molecule has 104 valence electrons. The molecule has 1 fully saturated rings. The Labute approximate surface area is 124 Å². The molecule has 0 N–H and O–H groups in total. The van der Waals surface area contributed by atoms with Gasteiger partial charge in [-0.15, -0.1) is 0 Å². The maximum absolute atomic E-state index is 6.28. The van der Waals surface area contributed by atoms with Crippen LogP contribution in [0.3, 0.4) is 0 Å². The molecule has 1 aromatic rings. The number of rotatable bonds is 0. The fourth-order valence-corrected chi connectivity index (χ4v) is 4.15. The molecule has 20 heavy (non-hydrogen) atoms. The van der Waals surface area contributed by atoms with Crippen LogP contribution in [0.1, 0.15) is 17.9 Å². The topological polar surface area (TPSA) is 12.5 Å². The van der Waals surface area contributed by atoms with Crippen LogP contribution in [0.5, 0.6) is 5.75 Å². The highest BCUT2D eigenvalue weighted by Crippen LogP contribution is 2.49. The minimum absolute atomic E-state index is 0.412. The van der Waals surface area contributed by atoms with E-state index in [1.807, 2.05) is 6.08 Å². The largest absolute Gasteiger partial charge is 0.461 e. The summed E-state index contributed by atoms with van der Waals surface area (Å²) in [6, 6.07) is 8.48. The van der Waals surface area contributed by atoms with E-state index in [0.717, 1.165) is 36.1 Å². The van der Waals surface area contributed by atoms with Crippen LogP contribution in [0, 0.1) is 11.8 Å². The van der Waals surface area contributed by atoms with Gasteiger partial charge in [0.1, 0.15) is 11.5 Å². The summed E-state index contributed by atoms with van der Waals surface area (Å²) in [6.07, 6.45) is 4.96. The molecule has 0 saturated carbocycles. The van der Waals surface area contributed by atoms with Crippen molar-refractivity contribution in [3.05, 3.63) is 52.8 Å². The quantitative estimate of drug-likeness (QED) is 0.720. The van der Waals surface area contributed by atoms with E-state index in [0.29, 0.717) is 17.8 Å². The van der Waals surface area contributed by atoms with Gasteiger partial charge in [-0.3, -0.25) is 0 Å². The van der Waals surface area contributed by atoms with E-state index in [2.05, 4.69) is 42.3 Å². The number of fused-ring (bicyclic) bond motifs is 5. The molecule has 2 aliphatic heterocycles. The average Bonchev–Trinajstić information content (AvgIpc) is 2.78. The lowest BCUT2D eigenvalue weighted by atomic mass is 9.77. The van der Waals surface area contributed by atoms with Crippen molar-refractivity contribution in [1.29, 1.82) is 0 Å². The van der Waals surface area contributed by atoms with E-state index in [1.54, 1.807) is 0 Å². The molecule has 4 rings (SSSR count). The van der Waals surface area contributed by atoms with Gasteiger partial charge in [0.2, 0.25) is 0 Å². The first-order valence-electron chi connectivity index (χ1n) is 7.24. The Hall–Kier alpha value is -1.25. The second kappa shape index (κ2) is 4.64. The molecule has 3 heteroatoms. The molecule has 0 amide bonds. The monoisotopic (exact) mass is 287 g/mol. The number of hydrogen-bond donors (Lipinski definition) is 0. The summed E-state index contributed by atoms with van der Waals surface area (Å²) < 4.78 is 6.22. The Balaban J connectivity index is 1.84. The highest BCUT2D eigenvalue weighted by atomic mass is 35.5. The molecule has 0 aromatic heterocycles. The van der Waals surface area contributed by atoms with Gasteiger partial charge in [-0.2, -0.15) is 0 Å². The molecule has 0 bridgehead atoms. The van der Waals surface area contributed by atoms with Gasteiger partial charge in [0.15, 0.2) is 0 Å². The lowest BCUT2D eigenvalue weighted by Gasteiger charge is -2.27. The predicted molar refractivity (Wildman–Crippen MR) is 80.9 cm³/mol. The zero-order valence-electron chi connectivity index (χ0n) is 11.6. The van der Waals surface area contributed by atoms with Crippen molar-refractivity contribution in [2.24, 2.45) is 11.8 Å². The molecule has 3 atom stereocenters. The average molecular weight is 288 g/mol. The highest BCUT2D eigenvalue weighted by molar-refractivity contribution is 6.29. The third-order valence-electron chi connectivity index (χ3n) is 4.82. The van der Waals surface area contributed by atoms with Gasteiger partial charge in [-0.25, -0.2) is 0 Å². The molecule has 3 unspecified atom stereocenters. The van der Waals surface area contributed by atoms with Crippen LogP contribution >= 0.6 is 11.6 Å². The number of likely N-dealkylation sites (tertiary alicyclic amines) is 1. The van der Waals surface area contributed by atoms with E-state index in [1.165, 1.54) is 5.56 Å². The molecule has 0 radical (unpaired) electrons. The van der Waals surface area contributed by atoms with E-state index in [9.17, 15) is 0 Å². The zero-order chi connectivity index (χ0) is 13.7. The third-order valence-corrected chi connectivity index (χ3v) is 5.10. The lowest BCUT2D eigenvalue weighted by Crippen LogP contribution is -2.25. The number of nitrogens with zero attached hydrogens (tertiary/aromatic N) is 1. The van der Waals surface area contributed by atoms with Crippen molar-refractivity contribution >= 4 is 11.6 Å². The Morgan fingerprint density at radius 2 is 2.00 bits per heavy atom. The van der Waals surface area contributed by atoms with Crippen LogP contribution in [0.15, 0.2) is 47.2 Å². The number of likely N-dealkylation sites (N-methyl/N-ethyl adjacent to an activating group) is 1. The lowest BCUT2D eigenvalue weighted by molar-refractivity contribution is 0.275. The van der Waals surface area contributed by atoms with Gasteiger partial charge in [-0.05, 0) is 43.2 Å². The van der Waals surface area contributed by atoms with Crippen LogP contribution in [0.2, 0.25) is 0 Å². The molecular weight excluding hydrogens is 270 g/mol. The first-order valence-corrected chi connectivity index (χ1v) is 7.62. The Bertz CT molecular complexity index is 607. The van der Waals surface area contributed by atoms with Crippen molar-refractivity contribution in [2.75, 3.05) is 20.1 Å². The van der Waals surface area contributed by atoms with E-state index in [4.69, 9.17) is 16.3 Å². The molecular formula is C17H18ClNO. The molecule has 3 aliphatic rings. The predicted octanol–water partition coefficient (Wildman–Crippen LogP) is 3.75. The van der Waals surface area contributed by atoms with E-state index < -0.39 is 0 Å². The SMILES string of the molecule is CN1CC2c3ccccc3OC3=CC=C(Cl)CC3C2C1. The summed E-state index contributed by atoms with van der Waals surface area (Å²) in [7, 11) is 2.21. The van der Waals surface area contributed by atoms with Crippen LogP contribution in [0.25, 0.3) is 0 Å². The number of hydrogen-bond acceptors (Lipinski definition) is 2. The van der Waals surface area contributed by atoms with Gasteiger partial charge in [0.05, 0.1) is 0 Å².